The summed E-state index contributed by atoms with van der Waals surface area (Å²) in [6, 6.07) is 0. The molecule has 0 unspecified atom stereocenters. The van der Waals surface area contributed by atoms with Crippen LogP contribution in [0.1, 0.15) is 103 Å². The molecule has 0 spiro atoms. The zero-order valence-electron chi connectivity index (χ0n) is 24.5. The van der Waals surface area contributed by atoms with Gasteiger partial charge in [0, 0.05) is 11.1 Å². The van der Waals surface area contributed by atoms with E-state index in [0.717, 1.165) is 18.6 Å². The van der Waals surface area contributed by atoms with Crippen molar-refractivity contribution in [3.8, 4) is 5.75 Å². The van der Waals surface area contributed by atoms with Gasteiger partial charge in [0.25, 0.3) is 0 Å². The first-order valence-electron chi connectivity index (χ1n) is 13.1. The molecule has 34 heavy (non-hydrogen) atoms. The van der Waals surface area contributed by atoms with Crippen molar-refractivity contribution in [3.05, 3.63) is 22.3 Å². The number of rotatable bonds is 6. The summed E-state index contributed by atoms with van der Waals surface area (Å²) in [7, 11) is -2.22. The molecule has 0 aromatic heterocycles. The van der Waals surface area contributed by atoms with E-state index >= 15 is 0 Å². The van der Waals surface area contributed by atoms with Crippen LogP contribution >= 0.6 is 0 Å². The fourth-order valence-corrected chi connectivity index (χ4v) is 7.10. The number of ether oxygens (including phenoxy) is 1. The highest BCUT2D eigenvalue weighted by molar-refractivity contribution is 6.74. The Labute approximate surface area is 211 Å². The Hall–Kier alpha value is -0.826. The van der Waals surface area contributed by atoms with Gasteiger partial charge in [0.15, 0.2) is 16.6 Å². The maximum atomic E-state index is 7.16. The molecule has 4 nitrogen and oxygen atoms in total. The molecule has 1 aromatic carbocycles. The number of hydrogen-bond acceptors (Lipinski definition) is 4. The molecule has 0 radical (unpaired) electrons. The quantitative estimate of drug-likeness (QED) is 0.393. The van der Waals surface area contributed by atoms with Gasteiger partial charge in [-0.25, -0.2) is 0 Å². The third-order valence-corrected chi connectivity index (χ3v) is 17.5. The lowest BCUT2D eigenvalue weighted by Gasteiger charge is -2.51. The monoisotopic (exact) mass is 505 g/mol. The van der Waals surface area contributed by atoms with Crippen LogP contribution in [-0.2, 0) is 21.7 Å². The van der Waals surface area contributed by atoms with Gasteiger partial charge < -0.3 is 18.9 Å². The summed E-state index contributed by atoms with van der Waals surface area (Å²) in [5, 5.41) is 4.07. The maximum Gasteiger partial charge on any atom is 0.193 e. The van der Waals surface area contributed by atoms with Crippen LogP contribution in [-0.4, -0.2) is 29.3 Å². The Kier molecular flexibility index (Phi) is 7.05. The second-order valence-electron chi connectivity index (χ2n) is 14.5. The molecule has 3 rings (SSSR count). The van der Waals surface area contributed by atoms with Crippen molar-refractivity contribution in [2.75, 3.05) is 12.4 Å². The molecular formula is C28H51NO3Si2. The lowest BCUT2D eigenvalue weighted by atomic mass is 9.76. The second-order valence-corrected chi connectivity index (χ2v) is 24.0. The smallest absolute Gasteiger partial charge is 0.193 e. The van der Waals surface area contributed by atoms with Crippen molar-refractivity contribution >= 4 is 22.3 Å². The van der Waals surface area contributed by atoms with Crippen LogP contribution in [0.15, 0.2) is 0 Å². The highest BCUT2D eigenvalue weighted by Gasteiger charge is 2.54. The minimum absolute atomic E-state index is 0.00514. The van der Waals surface area contributed by atoms with E-state index in [9.17, 15) is 0 Å². The van der Waals surface area contributed by atoms with Crippen LogP contribution in [0.25, 0.3) is 0 Å². The number of fused-ring (bicyclic) bond motifs is 3. The van der Waals surface area contributed by atoms with E-state index < -0.39 is 16.6 Å². The van der Waals surface area contributed by atoms with Gasteiger partial charge in [-0.05, 0) is 93.0 Å². The first-order valence-corrected chi connectivity index (χ1v) is 18.9. The van der Waals surface area contributed by atoms with Crippen LogP contribution in [0, 0.1) is 0 Å². The Morgan fingerprint density at radius 3 is 1.56 bits per heavy atom. The first kappa shape index (κ1) is 27.8. The van der Waals surface area contributed by atoms with Crippen molar-refractivity contribution in [3.63, 3.8) is 0 Å². The van der Waals surface area contributed by atoms with Gasteiger partial charge >= 0.3 is 0 Å². The summed E-state index contributed by atoms with van der Waals surface area (Å²) in [5.74, 6) is 0.976. The molecule has 2 atom stereocenters. The lowest BCUT2D eigenvalue weighted by molar-refractivity contribution is 0.00136. The molecule has 2 aliphatic rings. The van der Waals surface area contributed by atoms with Gasteiger partial charge in [0.05, 0.1) is 12.8 Å². The van der Waals surface area contributed by atoms with E-state index in [0.29, 0.717) is 0 Å². The molecule has 1 N–H and O–H groups in total. The number of benzene rings is 1. The van der Waals surface area contributed by atoms with Crippen molar-refractivity contribution in [1.82, 2.24) is 0 Å². The van der Waals surface area contributed by atoms with Gasteiger partial charge in [-0.15, -0.1) is 0 Å². The second kappa shape index (κ2) is 8.64. The molecule has 0 fully saturated rings. The largest absolute Gasteiger partial charge is 0.494 e. The molecule has 0 amide bonds. The Balaban J connectivity index is 2.22. The van der Waals surface area contributed by atoms with Crippen molar-refractivity contribution < 1.29 is 13.6 Å². The summed E-state index contributed by atoms with van der Waals surface area (Å²) < 4.78 is 20.5. The maximum absolute atomic E-state index is 7.16. The van der Waals surface area contributed by atoms with E-state index in [1.807, 2.05) is 7.11 Å². The third-order valence-electron chi connectivity index (χ3n) is 8.61. The zero-order chi connectivity index (χ0) is 26.1. The number of nitrogens with one attached hydrogen (secondary N) is 1. The zero-order valence-corrected chi connectivity index (χ0v) is 26.5. The summed E-state index contributed by atoms with van der Waals surface area (Å²) >= 11 is 0. The molecule has 0 aliphatic heterocycles. The number of methoxy groups -OCH3 is 1. The highest BCUT2D eigenvalue weighted by atomic mass is 28.4. The van der Waals surface area contributed by atoms with Gasteiger partial charge in [0.2, 0.25) is 0 Å². The van der Waals surface area contributed by atoms with Gasteiger partial charge in [-0.3, -0.25) is 0 Å². The molecule has 2 aliphatic carbocycles. The Bertz CT molecular complexity index is 933. The molecule has 194 valence electrons. The van der Waals surface area contributed by atoms with Gasteiger partial charge in [-0.1, -0.05) is 41.5 Å². The number of anilines is 1. The molecule has 0 saturated carbocycles. The Morgan fingerprint density at radius 2 is 1.15 bits per heavy atom. The standard InChI is InChI=1S/C28H51NO3Si2/c1-26(2,3)29-22-19-17-15-16-18(19)20-21(23(22)30-10)25(32-34(13,14)28(7,8)9)24(20)31-33(11,12)27(4,5)6/h24-25,29H,15-17H2,1-14H3/t24-,25+/m1/s1. The normalized spacial score (nSPS) is 21.1. The fraction of sp³-hybridized carbons (Fsp3) is 0.786. The average Bonchev–Trinajstić information content (AvgIpc) is 3.10. The van der Waals surface area contributed by atoms with Crippen LogP contribution in [0.4, 0.5) is 5.69 Å². The minimum atomic E-state index is -2.04. The summed E-state index contributed by atoms with van der Waals surface area (Å²) in [6.45, 7) is 30.0. The predicted octanol–water partition coefficient (Wildman–Crippen LogP) is 8.53. The molecule has 1 aromatic rings. The average molecular weight is 506 g/mol. The van der Waals surface area contributed by atoms with E-state index in [2.05, 4.69) is 93.8 Å². The van der Waals surface area contributed by atoms with Crippen LogP contribution in [0.3, 0.4) is 0 Å². The van der Waals surface area contributed by atoms with E-state index in [1.54, 1.807) is 0 Å². The van der Waals surface area contributed by atoms with Crippen LogP contribution in [0.5, 0.6) is 5.75 Å². The van der Waals surface area contributed by atoms with Crippen molar-refractivity contribution in [1.29, 1.82) is 0 Å². The molecule has 0 heterocycles. The van der Waals surface area contributed by atoms with Gasteiger partial charge in [0.1, 0.15) is 18.0 Å². The third kappa shape index (κ3) is 4.89. The summed E-state index contributed by atoms with van der Waals surface area (Å²) in [6.07, 6.45) is 3.32. The molecule has 0 saturated heterocycles. The number of hydrogen-bond donors (Lipinski definition) is 1. The Morgan fingerprint density at radius 1 is 0.706 bits per heavy atom. The van der Waals surface area contributed by atoms with Crippen LogP contribution < -0.4 is 10.1 Å². The topological polar surface area (TPSA) is 39.7 Å². The predicted molar refractivity (Wildman–Crippen MR) is 150 cm³/mol. The van der Waals surface area contributed by atoms with Crippen LogP contribution in [0.2, 0.25) is 36.3 Å². The first-order chi connectivity index (χ1) is 15.2. The van der Waals surface area contributed by atoms with E-state index in [-0.39, 0.29) is 27.8 Å². The fourth-order valence-electron chi connectivity index (χ4n) is 4.64. The van der Waals surface area contributed by atoms with Crippen molar-refractivity contribution in [2.24, 2.45) is 0 Å². The molecular weight excluding hydrogens is 454 g/mol. The van der Waals surface area contributed by atoms with E-state index in [4.69, 9.17) is 13.6 Å². The summed E-state index contributed by atoms with van der Waals surface area (Å²) in [4.78, 5) is 0. The molecule has 0 bridgehead atoms. The van der Waals surface area contributed by atoms with Gasteiger partial charge in [-0.2, -0.15) is 0 Å². The summed E-state index contributed by atoms with van der Waals surface area (Å²) in [5.41, 5.74) is 6.66. The SMILES string of the molecule is COc1c(NC(C)(C)C)c2c(c3c1[C@H](O[Si](C)(C)C(C)(C)C)[C@@H]3O[Si](C)(C)C(C)(C)C)CCC2. The van der Waals surface area contributed by atoms with E-state index in [1.165, 1.54) is 34.4 Å². The lowest BCUT2D eigenvalue weighted by Crippen LogP contribution is -2.49. The highest BCUT2D eigenvalue weighted by Crippen LogP contribution is 2.62. The van der Waals surface area contributed by atoms with Crippen molar-refractivity contribution in [2.45, 2.75) is 136 Å². The molecule has 6 heteroatoms. The minimum Gasteiger partial charge on any atom is -0.494 e.